The molecule has 89 heavy (non-hydrogen) atoms. The van der Waals surface area contributed by atoms with Crippen LogP contribution in [0.25, 0.3) is 0 Å². The number of hydrogen-bond donors (Lipinski definition) is 5. The second kappa shape index (κ2) is 45.3. The molecule has 1 amide bonds. The summed E-state index contributed by atoms with van der Waals surface area (Å²) >= 11 is -0.826. The summed E-state index contributed by atoms with van der Waals surface area (Å²) in [6.45, 7) is 37.1. The Morgan fingerprint density at radius 2 is 0.787 bits per heavy atom. The number of benzene rings is 5. The Morgan fingerprint density at radius 3 is 1.12 bits per heavy atom. The molecule has 26 nitrogen and oxygen atoms in total. The Bertz CT molecular complexity index is 2960. The van der Waals surface area contributed by atoms with Gasteiger partial charge in [-0.3, -0.25) is 45.3 Å². The van der Waals surface area contributed by atoms with Crippen molar-refractivity contribution in [2.24, 2.45) is 32.8 Å². The molecule has 10 N–H and O–H groups in total. The van der Waals surface area contributed by atoms with Gasteiger partial charge in [0, 0.05) is 47.8 Å². The first-order valence-corrected chi connectivity index (χ1v) is 33.5. The van der Waals surface area contributed by atoms with Gasteiger partial charge >= 0.3 is 49.0 Å². The molecule has 0 saturated carbocycles. The van der Waals surface area contributed by atoms with Crippen molar-refractivity contribution in [3.8, 4) is 23.0 Å². The molecular formula is C60H88Cl2N8O18Sn. The minimum atomic E-state index is -0.826. The molecule has 0 heterocycles. The van der Waals surface area contributed by atoms with Gasteiger partial charge in [-0.25, -0.2) is 0 Å². The molecule has 5 aromatic rings. The van der Waals surface area contributed by atoms with Crippen LogP contribution >= 0.6 is 17.8 Å². The Balaban J connectivity index is -0.000000312. The molecule has 0 aliphatic heterocycles. The number of amides is 1. The number of nitrogens with two attached hydrogens (primary N) is 3. The monoisotopic (exact) mass is 1400 g/mol. The number of halogens is 2. The van der Waals surface area contributed by atoms with Crippen molar-refractivity contribution in [2.45, 2.75) is 118 Å². The number of carbonyl (C=O) groups is 1. The number of non-ortho nitro benzene ring substituents is 3. The van der Waals surface area contributed by atoms with Crippen molar-refractivity contribution in [2.75, 3.05) is 44.5 Å². The van der Waals surface area contributed by atoms with Crippen molar-refractivity contribution in [3.05, 3.63) is 160 Å². The standard InChI is InChI=1S/C12H18N2O2.C12H17NO3.C12H19NO.C11H15NO3.C6H4N2O4.C5H12O.2CO2.2ClH.H3N.Sn/c1-12(2,3)7-16-9-6-4-5-8(13)10(9)11(14)15;1-9-10(13(14)15)6-5-7-11(9)16-8-12(2,3)4;1-9-10(13)6-5-7-11(9)14-8-12(2,3)4;1-11(2,3)8-15-10-6-4-5-9(7-10)12(13)14;9-7(10)5-2-1-3-6(4-5)8(11)12;1-5(2,3)4-6;2*2-1-3;;;;/h4-6H,7,13H2,1-3H3,(H2,14,15);5-7H,8H2,1-4H3;5-7H,8,13H2,1-4H3;4-7H,8H2,1-3H3;1-4H;6H,4H2,1-3H3;;;2*1H;1H3;/q;;;;;;;;;;;+2/p-2. The first-order chi connectivity index (χ1) is 40.3. The topological polar surface area (TPSA) is 428 Å². The van der Waals surface area contributed by atoms with E-state index in [0.29, 0.717) is 54.9 Å². The van der Waals surface area contributed by atoms with Gasteiger partial charge in [0.1, 0.15) is 28.6 Å². The van der Waals surface area contributed by atoms with Crippen LogP contribution in [0.3, 0.4) is 0 Å². The van der Waals surface area contributed by atoms with Crippen molar-refractivity contribution < 1.29 is 67.7 Å². The normalized spacial score (nSPS) is 10.2. The molecule has 0 bridgehead atoms. The molecule has 0 aliphatic rings. The molecule has 5 rings (SSSR count). The molecule has 0 aromatic heterocycles. The predicted molar refractivity (Wildman–Crippen MR) is 344 cm³/mol. The summed E-state index contributed by atoms with van der Waals surface area (Å²) in [5.74, 6) is 1.90. The summed E-state index contributed by atoms with van der Waals surface area (Å²) in [4.78, 5) is 83.1. The van der Waals surface area contributed by atoms with E-state index < -0.39 is 39.6 Å². The van der Waals surface area contributed by atoms with E-state index in [4.69, 9.17) is 78.3 Å². The quantitative estimate of drug-likeness (QED) is 0.0316. The van der Waals surface area contributed by atoms with Gasteiger partial charge in [0.05, 0.1) is 63.8 Å². The molecule has 29 heteroatoms. The summed E-state index contributed by atoms with van der Waals surface area (Å²) in [7, 11) is 9.87. The van der Waals surface area contributed by atoms with Gasteiger partial charge in [0.15, 0.2) is 0 Å². The van der Waals surface area contributed by atoms with Crippen LogP contribution in [0.5, 0.6) is 23.0 Å². The van der Waals surface area contributed by atoms with Crippen LogP contribution in [-0.2, 0) is 19.2 Å². The maximum absolute atomic E-state index is 11.2. The maximum atomic E-state index is 11.2. The van der Waals surface area contributed by atoms with E-state index in [1.807, 2.05) is 87.4 Å². The zero-order chi connectivity index (χ0) is 69.4. The Kier molecular flexibility index (Phi) is 45.7. The van der Waals surface area contributed by atoms with Crippen LogP contribution in [0.4, 0.5) is 34.1 Å². The SMILES string of the molecule is CC(C)(C)CO.CC(C)(C)COc1cccc(N)c1C(N)=O.CC(C)(C)COc1cccc([N+](=O)[O-])c1.Cc1c(N)cccc1OCC(C)(C)C.Cc1c(OCC(C)(C)C)cccc1[N+](=O)[O-].N.O=C=O.O=C=O.O=[N+]([O-])c1cccc([N+](=O)[O-])c1.[Cl][Sn][Cl]. The van der Waals surface area contributed by atoms with E-state index in [2.05, 4.69) is 41.5 Å². The number of nitrogens with zero attached hydrogens (tertiary/aromatic N) is 4. The van der Waals surface area contributed by atoms with Gasteiger partial charge in [-0.15, -0.1) is 0 Å². The first kappa shape index (κ1) is 89.8. The van der Waals surface area contributed by atoms with E-state index in [-0.39, 0.29) is 85.4 Å². The zero-order valence-corrected chi connectivity index (χ0v) is 58.1. The van der Waals surface area contributed by atoms with Gasteiger partial charge in [0.25, 0.3) is 28.7 Å². The summed E-state index contributed by atoms with van der Waals surface area (Å²) in [5, 5.41) is 49.9. The van der Waals surface area contributed by atoms with Crippen LogP contribution in [0, 0.1) is 81.4 Å². The van der Waals surface area contributed by atoms with E-state index in [9.17, 15) is 45.3 Å². The molecular weight excluding hydrogens is 1310 g/mol. The number of rotatable bonds is 13. The number of ether oxygens (including phenoxy) is 4. The number of hydrogen-bond acceptors (Lipinski definition) is 21. The average Bonchev–Trinajstić information content (AvgIpc) is 1.89. The molecule has 0 spiro atoms. The second-order valence-electron chi connectivity index (χ2n) is 24.4. The van der Waals surface area contributed by atoms with Crippen LogP contribution in [-0.4, -0.2) is 94.9 Å². The van der Waals surface area contributed by atoms with E-state index in [1.165, 1.54) is 36.4 Å². The molecule has 0 saturated heterocycles. The molecule has 0 unspecified atom stereocenters. The molecule has 0 atom stereocenters. The number of nitrogen functional groups attached to an aromatic ring is 2. The zero-order valence-electron chi connectivity index (χ0n) is 53.7. The summed E-state index contributed by atoms with van der Waals surface area (Å²) in [6.07, 6.45) is 0.500. The number of carbonyl (C=O) groups excluding carboxylic acids is 5. The van der Waals surface area contributed by atoms with E-state index in [0.717, 1.165) is 23.1 Å². The number of aliphatic hydroxyl groups excluding tert-OH is 1. The van der Waals surface area contributed by atoms with Gasteiger partial charge in [-0.05, 0) is 83.4 Å². The van der Waals surface area contributed by atoms with Crippen molar-refractivity contribution in [1.82, 2.24) is 6.15 Å². The average molecular weight is 1400 g/mol. The van der Waals surface area contributed by atoms with Crippen molar-refractivity contribution >= 4 is 89.1 Å². The Morgan fingerprint density at radius 1 is 0.494 bits per heavy atom. The van der Waals surface area contributed by atoms with Gasteiger partial charge in [-0.2, -0.15) is 19.2 Å². The van der Waals surface area contributed by atoms with Crippen LogP contribution in [0.2, 0.25) is 0 Å². The van der Waals surface area contributed by atoms with Crippen molar-refractivity contribution in [3.63, 3.8) is 0 Å². The molecule has 0 fully saturated rings. The summed E-state index contributed by atoms with van der Waals surface area (Å²) < 4.78 is 22.3. The van der Waals surface area contributed by atoms with E-state index >= 15 is 0 Å². The Labute approximate surface area is 538 Å². The third kappa shape index (κ3) is 47.7. The first-order valence-electron chi connectivity index (χ1n) is 26.3. The van der Waals surface area contributed by atoms with Gasteiger partial charge in [0.2, 0.25) is 0 Å². The number of primary amides is 1. The molecule has 0 aliphatic carbocycles. The summed E-state index contributed by atoms with van der Waals surface area (Å²) in [6, 6.07) is 26.5. The molecule has 494 valence electrons. The predicted octanol–water partition coefficient (Wildman–Crippen LogP) is 13.7. The van der Waals surface area contributed by atoms with Crippen LogP contribution in [0.1, 0.15) is 125 Å². The number of nitro groups is 4. The number of nitro benzene ring substituents is 4. The number of anilines is 2. The van der Waals surface area contributed by atoms with Crippen molar-refractivity contribution in [1.29, 1.82) is 0 Å². The fraction of sp³-hybridized carbons (Fsp3) is 0.450. The third-order valence-corrected chi connectivity index (χ3v) is 9.49. The Hall–Kier alpha value is -7.97. The van der Waals surface area contributed by atoms with E-state index in [1.54, 1.807) is 49.4 Å². The minimum absolute atomic E-state index is 0. The number of aliphatic hydroxyl groups is 1. The van der Waals surface area contributed by atoms with Crippen LogP contribution < -0.4 is 42.3 Å². The third-order valence-electron chi connectivity index (χ3n) is 9.49. The molecule has 2 radical (unpaired) electrons. The van der Waals surface area contributed by atoms with Gasteiger partial charge in [-0.1, -0.05) is 128 Å². The van der Waals surface area contributed by atoms with Crippen LogP contribution in [0.15, 0.2) is 103 Å². The molecule has 5 aromatic carbocycles. The summed E-state index contributed by atoms with van der Waals surface area (Å²) in [5.41, 5.74) is 19.7. The van der Waals surface area contributed by atoms with Gasteiger partial charge < -0.3 is 47.4 Å². The second-order valence-corrected chi connectivity index (χ2v) is 28.6. The fourth-order valence-corrected chi connectivity index (χ4v) is 5.27. The fourth-order valence-electron chi connectivity index (χ4n) is 5.27.